The molecule has 0 saturated heterocycles. The van der Waals surface area contributed by atoms with E-state index in [2.05, 4.69) is 49.4 Å². The third kappa shape index (κ3) is 3.46. The predicted octanol–water partition coefficient (Wildman–Crippen LogP) is 1.97. The fourth-order valence-corrected chi connectivity index (χ4v) is 1.76. The second kappa shape index (κ2) is 6.25. The van der Waals surface area contributed by atoms with E-state index in [4.69, 9.17) is 5.84 Å². The van der Waals surface area contributed by atoms with Gasteiger partial charge in [-0.25, -0.2) is 5.84 Å². The molecule has 0 aliphatic rings. The van der Waals surface area contributed by atoms with Gasteiger partial charge < -0.3 is 4.90 Å². The Bertz CT molecular complexity index is 398. The largest absolute Gasteiger partial charge is 0.314 e. The van der Waals surface area contributed by atoms with Gasteiger partial charge in [0, 0.05) is 19.3 Å². The molecule has 0 spiro atoms. The van der Waals surface area contributed by atoms with E-state index in [1.54, 1.807) is 0 Å². The zero-order chi connectivity index (χ0) is 12.8. The van der Waals surface area contributed by atoms with Crippen LogP contribution in [0.5, 0.6) is 0 Å². The van der Waals surface area contributed by atoms with E-state index in [9.17, 15) is 0 Å². The third-order valence-electron chi connectivity index (χ3n) is 2.65. The lowest BCUT2D eigenvalue weighted by Gasteiger charge is -2.22. The van der Waals surface area contributed by atoms with E-state index in [1.165, 1.54) is 11.1 Å². The monoisotopic (exact) mass is 234 g/mol. The molecule has 0 bridgehead atoms. The Hall–Kier alpha value is -1.55. The van der Waals surface area contributed by atoms with Crippen LogP contribution in [0.15, 0.2) is 23.2 Å². The highest BCUT2D eigenvalue weighted by Gasteiger charge is 2.09. The summed E-state index contributed by atoms with van der Waals surface area (Å²) >= 11 is 0. The molecule has 0 unspecified atom stereocenters. The predicted molar refractivity (Wildman–Crippen MR) is 74.2 cm³/mol. The molecule has 0 amide bonds. The van der Waals surface area contributed by atoms with Crippen molar-refractivity contribution in [1.82, 2.24) is 5.43 Å². The number of nitrogens with zero attached hydrogens (tertiary/aromatic N) is 2. The van der Waals surface area contributed by atoms with Gasteiger partial charge in [0.1, 0.15) is 0 Å². The number of benzene rings is 1. The quantitative estimate of drug-likeness (QED) is 0.364. The first kappa shape index (κ1) is 13.5. The fraction of sp³-hybridized carbons (Fsp3) is 0.462. The van der Waals surface area contributed by atoms with Gasteiger partial charge in [0.2, 0.25) is 5.96 Å². The minimum atomic E-state index is 0.693. The number of guanidine groups is 1. The molecule has 3 N–H and O–H groups in total. The number of hydrazine groups is 1. The Morgan fingerprint density at radius 2 is 2.12 bits per heavy atom. The van der Waals surface area contributed by atoms with Crippen LogP contribution in [0.2, 0.25) is 0 Å². The number of nitrogens with one attached hydrogen (secondary N) is 1. The molecule has 0 heterocycles. The molecule has 4 heteroatoms. The summed E-state index contributed by atoms with van der Waals surface area (Å²) in [6.07, 6.45) is 1.01. The van der Waals surface area contributed by atoms with Crippen LogP contribution in [-0.4, -0.2) is 19.6 Å². The lowest BCUT2D eigenvalue weighted by molar-refractivity contribution is 0.888. The summed E-state index contributed by atoms with van der Waals surface area (Å²) in [5, 5.41) is 0. The number of aliphatic imine (C=N–C) groups is 1. The topological polar surface area (TPSA) is 53.6 Å². The second-order valence-corrected chi connectivity index (χ2v) is 4.20. The number of hydrogen-bond donors (Lipinski definition) is 2. The first-order valence-corrected chi connectivity index (χ1v) is 5.92. The van der Waals surface area contributed by atoms with Crippen molar-refractivity contribution < 1.29 is 0 Å². The molecule has 0 fully saturated rings. The van der Waals surface area contributed by atoms with Crippen molar-refractivity contribution in [2.45, 2.75) is 27.2 Å². The van der Waals surface area contributed by atoms with Gasteiger partial charge in [-0.05, 0) is 31.9 Å². The zero-order valence-electron chi connectivity index (χ0n) is 11.1. The molecule has 1 aromatic carbocycles. The van der Waals surface area contributed by atoms with E-state index in [1.807, 2.05) is 11.9 Å². The number of hydrogen-bond acceptors (Lipinski definition) is 2. The lowest BCUT2D eigenvalue weighted by atomic mass is 10.1. The fourth-order valence-electron chi connectivity index (χ4n) is 1.76. The second-order valence-electron chi connectivity index (χ2n) is 4.20. The molecule has 0 radical (unpaired) electrons. The van der Waals surface area contributed by atoms with E-state index in [0.717, 1.165) is 18.7 Å². The average Bonchev–Trinajstić information content (AvgIpc) is 2.29. The highest BCUT2D eigenvalue weighted by molar-refractivity contribution is 5.95. The summed E-state index contributed by atoms with van der Waals surface area (Å²) in [6.45, 7) is 7.04. The minimum Gasteiger partial charge on any atom is -0.314 e. The number of anilines is 1. The molecule has 1 rings (SSSR count). The standard InChI is InChI=1S/C13H22N4/c1-5-8-15-13(16-14)17(4)12-7-6-10(2)9-11(12)3/h6-7,9H,5,8,14H2,1-4H3,(H,15,16). The molecule has 17 heavy (non-hydrogen) atoms. The van der Waals surface area contributed by atoms with Crippen LogP contribution < -0.4 is 16.2 Å². The maximum Gasteiger partial charge on any atom is 0.212 e. The summed E-state index contributed by atoms with van der Waals surface area (Å²) in [5.41, 5.74) is 6.24. The van der Waals surface area contributed by atoms with Crippen molar-refractivity contribution in [1.29, 1.82) is 0 Å². The van der Waals surface area contributed by atoms with Gasteiger partial charge in [0.05, 0.1) is 0 Å². The molecule has 0 aliphatic heterocycles. The van der Waals surface area contributed by atoms with Crippen LogP contribution in [0, 0.1) is 13.8 Å². The van der Waals surface area contributed by atoms with Crippen LogP contribution in [0.25, 0.3) is 0 Å². The molecule has 94 valence electrons. The third-order valence-corrected chi connectivity index (χ3v) is 2.65. The van der Waals surface area contributed by atoms with E-state index >= 15 is 0 Å². The summed E-state index contributed by atoms with van der Waals surface area (Å²) in [4.78, 5) is 6.38. The Morgan fingerprint density at radius 1 is 1.41 bits per heavy atom. The summed E-state index contributed by atoms with van der Waals surface area (Å²) in [5.74, 6) is 6.20. The van der Waals surface area contributed by atoms with Gasteiger partial charge in [0.25, 0.3) is 0 Å². The van der Waals surface area contributed by atoms with Gasteiger partial charge in [-0.1, -0.05) is 24.6 Å². The van der Waals surface area contributed by atoms with E-state index in [0.29, 0.717) is 5.96 Å². The maximum atomic E-state index is 5.51. The molecule has 0 aliphatic carbocycles. The van der Waals surface area contributed by atoms with Crippen LogP contribution in [0.3, 0.4) is 0 Å². The normalized spacial score (nSPS) is 11.5. The summed E-state index contributed by atoms with van der Waals surface area (Å²) in [6, 6.07) is 6.33. The molecule has 0 saturated carbocycles. The van der Waals surface area contributed by atoms with Crippen molar-refractivity contribution in [2.75, 3.05) is 18.5 Å². The van der Waals surface area contributed by atoms with E-state index < -0.39 is 0 Å². The van der Waals surface area contributed by atoms with E-state index in [-0.39, 0.29) is 0 Å². The molecular formula is C13H22N4. The first-order valence-electron chi connectivity index (χ1n) is 5.92. The van der Waals surface area contributed by atoms with Crippen LogP contribution >= 0.6 is 0 Å². The summed E-state index contributed by atoms with van der Waals surface area (Å²) in [7, 11) is 1.96. The van der Waals surface area contributed by atoms with Gasteiger partial charge in [-0.3, -0.25) is 10.4 Å². The number of nitrogens with two attached hydrogens (primary N) is 1. The van der Waals surface area contributed by atoms with Gasteiger partial charge in [-0.15, -0.1) is 0 Å². The minimum absolute atomic E-state index is 0.693. The number of aryl methyl sites for hydroxylation is 2. The van der Waals surface area contributed by atoms with Crippen molar-refractivity contribution in [3.05, 3.63) is 29.3 Å². The van der Waals surface area contributed by atoms with Crippen molar-refractivity contribution in [3.8, 4) is 0 Å². The van der Waals surface area contributed by atoms with Gasteiger partial charge in [-0.2, -0.15) is 0 Å². The SMILES string of the molecule is CCCN=C(NN)N(C)c1ccc(C)cc1C. The average molecular weight is 234 g/mol. The smallest absolute Gasteiger partial charge is 0.212 e. The van der Waals surface area contributed by atoms with Crippen LogP contribution in [-0.2, 0) is 0 Å². The lowest BCUT2D eigenvalue weighted by Crippen LogP contribution is -2.43. The molecule has 1 aromatic rings. The first-order chi connectivity index (χ1) is 8.10. The highest BCUT2D eigenvalue weighted by Crippen LogP contribution is 2.19. The summed E-state index contributed by atoms with van der Waals surface area (Å²) < 4.78 is 0. The Morgan fingerprint density at radius 3 is 2.65 bits per heavy atom. The van der Waals surface area contributed by atoms with Gasteiger partial charge in [0.15, 0.2) is 0 Å². The Kier molecular flexibility index (Phi) is 4.97. The Balaban J connectivity index is 2.97. The zero-order valence-corrected chi connectivity index (χ0v) is 11.1. The van der Waals surface area contributed by atoms with Crippen LogP contribution in [0.1, 0.15) is 24.5 Å². The molecule has 4 nitrogen and oxygen atoms in total. The van der Waals surface area contributed by atoms with Crippen molar-refractivity contribution in [3.63, 3.8) is 0 Å². The molecule has 0 atom stereocenters. The Labute approximate surface area is 104 Å². The number of rotatable bonds is 3. The molecular weight excluding hydrogens is 212 g/mol. The van der Waals surface area contributed by atoms with Crippen molar-refractivity contribution >= 4 is 11.6 Å². The molecule has 0 aromatic heterocycles. The highest BCUT2D eigenvalue weighted by atomic mass is 15.4. The maximum absolute atomic E-state index is 5.51. The van der Waals surface area contributed by atoms with Crippen LogP contribution in [0.4, 0.5) is 5.69 Å². The van der Waals surface area contributed by atoms with Crippen molar-refractivity contribution in [2.24, 2.45) is 10.8 Å². The van der Waals surface area contributed by atoms with Gasteiger partial charge >= 0.3 is 0 Å².